The zero-order chi connectivity index (χ0) is 17.3. The smallest absolute Gasteiger partial charge is 0.261 e. The van der Waals surface area contributed by atoms with E-state index in [1.54, 1.807) is 0 Å². The highest BCUT2D eigenvalue weighted by molar-refractivity contribution is 5.82. The molecule has 0 bridgehead atoms. The second kappa shape index (κ2) is 6.65. The second-order valence-electron chi connectivity index (χ2n) is 6.47. The largest absolute Gasteiger partial charge is 0.480 e. The van der Waals surface area contributed by atoms with E-state index in [9.17, 15) is 9.90 Å². The summed E-state index contributed by atoms with van der Waals surface area (Å²) in [5.41, 5.74) is 5.27. The van der Waals surface area contributed by atoms with Gasteiger partial charge in [-0.2, -0.15) is 0 Å². The number of fused-ring (bicyclic) bond motifs is 1. The summed E-state index contributed by atoms with van der Waals surface area (Å²) in [7, 11) is 0. The van der Waals surface area contributed by atoms with Gasteiger partial charge in [-0.25, -0.2) is 0 Å². The van der Waals surface area contributed by atoms with Crippen LogP contribution in [-0.2, 0) is 11.2 Å². The molecule has 0 aliphatic carbocycles. The number of aliphatic hydroxyl groups excluding tert-OH is 1. The average molecular weight is 325 g/mol. The van der Waals surface area contributed by atoms with Gasteiger partial charge < -0.3 is 15.2 Å². The van der Waals surface area contributed by atoms with Crippen LogP contribution in [0.1, 0.15) is 33.9 Å². The minimum Gasteiger partial charge on any atom is -0.480 e. The van der Waals surface area contributed by atoms with E-state index in [2.05, 4.69) is 18.3 Å². The van der Waals surface area contributed by atoms with Crippen LogP contribution in [-0.4, -0.2) is 23.7 Å². The molecule has 0 saturated carbocycles. The number of carbonyl (C=O) groups is 1. The predicted octanol–water partition coefficient (Wildman–Crippen LogP) is 2.77. The normalized spacial score (nSPS) is 17.1. The van der Waals surface area contributed by atoms with Gasteiger partial charge in [0.2, 0.25) is 0 Å². The van der Waals surface area contributed by atoms with Gasteiger partial charge in [0.25, 0.3) is 5.91 Å². The van der Waals surface area contributed by atoms with Gasteiger partial charge in [0.05, 0.1) is 6.10 Å². The van der Waals surface area contributed by atoms with Gasteiger partial charge in [0.1, 0.15) is 5.75 Å². The van der Waals surface area contributed by atoms with Crippen LogP contribution < -0.4 is 10.1 Å². The van der Waals surface area contributed by atoms with Crippen molar-refractivity contribution < 1.29 is 14.6 Å². The molecule has 0 fully saturated rings. The summed E-state index contributed by atoms with van der Waals surface area (Å²) >= 11 is 0. The lowest BCUT2D eigenvalue weighted by Gasteiger charge is -2.16. The minimum atomic E-state index is -0.719. The Labute approximate surface area is 142 Å². The molecule has 126 valence electrons. The standard InChI is InChI=1S/C20H23NO3/c1-12-6-4-5-7-16(12)17(22)11-21-20(23)19-10-15-8-13(2)14(3)9-18(15)24-19/h4-9,17,19,22H,10-11H2,1-3H3,(H,21,23). The van der Waals surface area contributed by atoms with Crippen LogP contribution in [0.25, 0.3) is 0 Å². The van der Waals surface area contributed by atoms with Crippen molar-refractivity contribution in [1.82, 2.24) is 5.32 Å². The molecule has 1 aliphatic rings. The Morgan fingerprint density at radius 3 is 2.67 bits per heavy atom. The highest BCUT2D eigenvalue weighted by atomic mass is 16.5. The van der Waals surface area contributed by atoms with Gasteiger partial charge in [-0.3, -0.25) is 4.79 Å². The molecule has 2 atom stereocenters. The maximum atomic E-state index is 12.4. The first-order chi connectivity index (χ1) is 11.5. The Bertz CT molecular complexity index is 738. The molecule has 1 heterocycles. The summed E-state index contributed by atoms with van der Waals surface area (Å²) in [6.07, 6.45) is -0.670. The number of nitrogens with one attached hydrogen (secondary N) is 1. The average Bonchev–Trinajstić information content (AvgIpc) is 2.96. The van der Waals surface area contributed by atoms with Crippen LogP contribution in [0.2, 0.25) is 0 Å². The van der Waals surface area contributed by atoms with Crippen LogP contribution in [0.4, 0.5) is 0 Å². The molecule has 2 unspecified atom stereocenters. The highest BCUT2D eigenvalue weighted by Crippen LogP contribution is 2.31. The van der Waals surface area contributed by atoms with E-state index in [4.69, 9.17) is 4.74 Å². The Hall–Kier alpha value is -2.33. The molecule has 1 amide bonds. The number of hydrogen-bond donors (Lipinski definition) is 2. The molecule has 0 spiro atoms. The summed E-state index contributed by atoms with van der Waals surface area (Å²) in [5.74, 6) is 0.604. The number of carbonyl (C=O) groups excluding carboxylic acids is 1. The monoisotopic (exact) mass is 325 g/mol. The fourth-order valence-electron chi connectivity index (χ4n) is 3.04. The highest BCUT2D eigenvalue weighted by Gasteiger charge is 2.29. The van der Waals surface area contributed by atoms with Gasteiger partial charge >= 0.3 is 0 Å². The lowest BCUT2D eigenvalue weighted by atomic mass is 10.0. The van der Waals surface area contributed by atoms with Crippen molar-refractivity contribution in [1.29, 1.82) is 0 Å². The van der Waals surface area contributed by atoms with Gasteiger partial charge in [-0.1, -0.05) is 30.3 Å². The third-order valence-electron chi connectivity index (χ3n) is 4.66. The van der Waals surface area contributed by atoms with E-state index in [0.717, 1.165) is 28.0 Å². The van der Waals surface area contributed by atoms with E-state index >= 15 is 0 Å². The first kappa shape index (κ1) is 16.5. The molecule has 2 N–H and O–H groups in total. The lowest BCUT2D eigenvalue weighted by Crippen LogP contribution is -2.39. The molecule has 2 aromatic rings. The summed E-state index contributed by atoms with van der Waals surface area (Å²) in [6, 6.07) is 11.7. The SMILES string of the molecule is Cc1cc2c(cc1C)OC(C(=O)NCC(O)c1ccccc1C)C2. The number of aryl methyl sites for hydroxylation is 3. The number of ether oxygens (including phenoxy) is 1. The van der Waals surface area contributed by atoms with E-state index in [0.29, 0.717) is 6.42 Å². The summed E-state index contributed by atoms with van der Waals surface area (Å²) in [6.45, 7) is 6.21. The summed E-state index contributed by atoms with van der Waals surface area (Å²) in [4.78, 5) is 12.4. The van der Waals surface area contributed by atoms with Crippen molar-refractivity contribution in [2.24, 2.45) is 0 Å². The Morgan fingerprint density at radius 2 is 1.92 bits per heavy atom. The molecule has 0 saturated heterocycles. The first-order valence-electron chi connectivity index (χ1n) is 8.24. The number of benzene rings is 2. The third-order valence-corrected chi connectivity index (χ3v) is 4.66. The topological polar surface area (TPSA) is 58.6 Å². The molecular formula is C20H23NO3. The molecule has 0 aromatic heterocycles. The second-order valence-corrected chi connectivity index (χ2v) is 6.47. The lowest BCUT2D eigenvalue weighted by molar-refractivity contribution is -0.127. The fraction of sp³-hybridized carbons (Fsp3) is 0.350. The van der Waals surface area contributed by atoms with Crippen LogP contribution in [0.5, 0.6) is 5.75 Å². The summed E-state index contributed by atoms with van der Waals surface area (Å²) < 4.78 is 5.77. The van der Waals surface area contributed by atoms with Crippen molar-refractivity contribution in [3.63, 3.8) is 0 Å². The van der Waals surface area contributed by atoms with Gasteiger partial charge in [-0.15, -0.1) is 0 Å². The maximum Gasteiger partial charge on any atom is 0.261 e. The summed E-state index contributed by atoms with van der Waals surface area (Å²) in [5, 5.41) is 13.1. The molecule has 3 rings (SSSR count). The zero-order valence-corrected chi connectivity index (χ0v) is 14.3. The fourth-order valence-corrected chi connectivity index (χ4v) is 3.04. The molecule has 2 aromatic carbocycles. The number of amides is 1. The van der Waals surface area contributed by atoms with Crippen molar-refractivity contribution >= 4 is 5.91 Å². The van der Waals surface area contributed by atoms with Crippen molar-refractivity contribution in [3.05, 3.63) is 64.2 Å². The van der Waals surface area contributed by atoms with Crippen LogP contribution in [0.15, 0.2) is 36.4 Å². The quantitative estimate of drug-likeness (QED) is 0.909. The number of aliphatic hydroxyl groups is 1. The van der Waals surface area contributed by atoms with E-state index < -0.39 is 12.2 Å². The van der Waals surface area contributed by atoms with Crippen LogP contribution in [0.3, 0.4) is 0 Å². The maximum absolute atomic E-state index is 12.4. The van der Waals surface area contributed by atoms with Gasteiger partial charge in [0.15, 0.2) is 6.10 Å². The Kier molecular flexibility index (Phi) is 4.58. The molecule has 4 heteroatoms. The van der Waals surface area contributed by atoms with Gasteiger partial charge in [-0.05, 0) is 54.7 Å². The number of hydrogen-bond acceptors (Lipinski definition) is 3. The number of rotatable bonds is 4. The van der Waals surface area contributed by atoms with Crippen molar-refractivity contribution in [2.75, 3.05) is 6.54 Å². The molecule has 0 radical (unpaired) electrons. The first-order valence-corrected chi connectivity index (χ1v) is 8.24. The van der Waals surface area contributed by atoms with E-state index in [-0.39, 0.29) is 12.5 Å². The van der Waals surface area contributed by atoms with Crippen LogP contribution in [0, 0.1) is 20.8 Å². The molecule has 4 nitrogen and oxygen atoms in total. The van der Waals surface area contributed by atoms with E-state index in [1.807, 2.05) is 44.2 Å². The van der Waals surface area contributed by atoms with Crippen LogP contribution >= 0.6 is 0 Å². The van der Waals surface area contributed by atoms with Crippen molar-refractivity contribution in [3.8, 4) is 5.75 Å². The van der Waals surface area contributed by atoms with Gasteiger partial charge in [0, 0.05) is 13.0 Å². The molecular weight excluding hydrogens is 302 g/mol. The minimum absolute atomic E-state index is 0.179. The molecule has 1 aliphatic heterocycles. The Morgan fingerprint density at radius 1 is 1.21 bits per heavy atom. The zero-order valence-electron chi connectivity index (χ0n) is 14.3. The van der Waals surface area contributed by atoms with E-state index in [1.165, 1.54) is 5.56 Å². The predicted molar refractivity (Wildman–Crippen MR) is 93.2 cm³/mol. The third kappa shape index (κ3) is 3.29. The Balaban J connectivity index is 1.60. The van der Waals surface area contributed by atoms with Crippen molar-refractivity contribution in [2.45, 2.75) is 39.4 Å². The molecule has 24 heavy (non-hydrogen) atoms.